The lowest BCUT2D eigenvalue weighted by atomic mass is 10.1. The monoisotopic (exact) mass is 365 g/mol. The average Bonchev–Trinajstić information content (AvgIpc) is 2.35. The SMILES string of the molecule is CCNC(CSC(C)(C)C)Cc1c(F)ccc(Br)c1F. The molecule has 0 saturated heterocycles. The number of rotatable bonds is 6. The normalized spacial score (nSPS) is 13.6. The van der Waals surface area contributed by atoms with Gasteiger partial charge in [-0.2, -0.15) is 11.8 Å². The predicted molar refractivity (Wildman–Crippen MR) is 87.4 cm³/mol. The molecule has 0 bridgehead atoms. The molecule has 0 saturated carbocycles. The van der Waals surface area contributed by atoms with E-state index in [4.69, 9.17) is 0 Å². The van der Waals surface area contributed by atoms with Gasteiger partial charge in [0.25, 0.3) is 0 Å². The van der Waals surface area contributed by atoms with E-state index in [-0.39, 0.29) is 16.4 Å². The molecule has 114 valence electrons. The van der Waals surface area contributed by atoms with Crippen molar-refractivity contribution in [2.45, 2.75) is 44.9 Å². The topological polar surface area (TPSA) is 12.0 Å². The Labute approximate surface area is 133 Å². The number of hydrogen-bond acceptors (Lipinski definition) is 2. The zero-order valence-corrected chi connectivity index (χ0v) is 14.8. The second-order valence-corrected chi connectivity index (χ2v) is 8.40. The van der Waals surface area contributed by atoms with Crippen LogP contribution in [0.25, 0.3) is 0 Å². The Hall–Kier alpha value is -0.130. The Morgan fingerprint density at radius 1 is 1.30 bits per heavy atom. The van der Waals surface area contributed by atoms with Crippen molar-refractivity contribution >= 4 is 27.7 Å². The highest BCUT2D eigenvalue weighted by molar-refractivity contribution is 9.10. The summed E-state index contributed by atoms with van der Waals surface area (Å²) in [5, 5.41) is 3.31. The van der Waals surface area contributed by atoms with E-state index in [0.717, 1.165) is 12.3 Å². The van der Waals surface area contributed by atoms with Gasteiger partial charge in [0.2, 0.25) is 0 Å². The predicted octanol–water partition coefficient (Wildman–Crippen LogP) is 4.78. The molecule has 0 aliphatic heterocycles. The van der Waals surface area contributed by atoms with Crippen LogP contribution in [0.4, 0.5) is 8.78 Å². The number of benzene rings is 1. The Balaban J connectivity index is 2.83. The van der Waals surface area contributed by atoms with Crippen molar-refractivity contribution in [1.82, 2.24) is 5.32 Å². The maximum Gasteiger partial charge on any atom is 0.143 e. The minimum atomic E-state index is -0.492. The number of likely N-dealkylation sites (N-methyl/N-ethyl adjacent to an activating group) is 1. The lowest BCUT2D eigenvalue weighted by Crippen LogP contribution is -2.35. The molecule has 1 aromatic carbocycles. The molecule has 0 aliphatic carbocycles. The Bertz CT molecular complexity index is 446. The average molecular weight is 366 g/mol. The van der Waals surface area contributed by atoms with Crippen molar-refractivity contribution in [2.75, 3.05) is 12.3 Å². The molecule has 1 unspecified atom stereocenters. The van der Waals surface area contributed by atoms with Gasteiger partial charge in [-0.3, -0.25) is 0 Å². The van der Waals surface area contributed by atoms with Gasteiger partial charge in [-0.15, -0.1) is 0 Å². The van der Waals surface area contributed by atoms with Crippen molar-refractivity contribution in [1.29, 1.82) is 0 Å². The molecule has 1 nitrogen and oxygen atoms in total. The van der Waals surface area contributed by atoms with Gasteiger partial charge in [0.15, 0.2) is 0 Å². The van der Waals surface area contributed by atoms with Crippen LogP contribution in [-0.4, -0.2) is 23.1 Å². The summed E-state index contributed by atoms with van der Waals surface area (Å²) < 4.78 is 28.3. The summed E-state index contributed by atoms with van der Waals surface area (Å²) in [4.78, 5) is 0. The summed E-state index contributed by atoms with van der Waals surface area (Å²) in [7, 11) is 0. The van der Waals surface area contributed by atoms with Crippen LogP contribution < -0.4 is 5.32 Å². The lowest BCUT2D eigenvalue weighted by Gasteiger charge is -2.24. The quantitative estimate of drug-likeness (QED) is 0.728. The van der Waals surface area contributed by atoms with Gasteiger partial charge >= 0.3 is 0 Å². The van der Waals surface area contributed by atoms with Crippen LogP contribution in [0.2, 0.25) is 0 Å². The van der Waals surface area contributed by atoms with E-state index >= 15 is 0 Å². The molecule has 1 aromatic rings. The molecule has 0 fully saturated rings. The highest BCUT2D eigenvalue weighted by Gasteiger charge is 2.20. The van der Waals surface area contributed by atoms with E-state index in [9.17, 15) is 8.78 Å². The Morgan fingerprint density at radius 3 is 2.50 bits per heavy atom. The van der Waals surface area contributed by atoms with Gasteiger partial charge in [0.05, 0.1) is 4.47 Å². The molecule has 0 spiro atoms. The molecule has 1 rings (SSSR count). The molecular formula is C15H22BrF2NS. The van der Waals surface area contributed by atoms with Crippen molar-refractivity contribution in [3.05, 3.63) is 33.8 Å². The summed E-state index contributed by atoms with van der Waals surface area (Å²) in [6.45, 7) is 9.21. The van der Waals surface area contributed by atoms with Gasteiger partial charge in [0.1, 0.15) is 11.6 Å². The molecular weight excluding hydrogens is 344 g/mol. The third-order valence-corrected chi connectivity index (χ3v) is 4.85. The van der Waals surface area contributed by atoms with Crippen molar-refractivity contribution in [3.63, 3.8) is 0 Å². The molecule has 1 N–H and O–H groups in total. The molecule has 20 heavy (non-hydrogen) atoms. The third kappa shape index (κ3) is 5.70. The largest absolute Gasteiger partial charge is 0.313 e. The zero-order chi connectivity index (χ0) is 15.3. The van der Waals surface area contributed by atoms with Gasteiger partial charge in [0, 0.05) is 22.1 Å². The first-order valence-electron chi connectivity index (χ1n) is 6.74. The Kier molecular flexibility index (Phi) is 6.95. The van der Waals surface area contributed by atoms with E-state index in [1.165, 1.54) is 12.1 Å². The van der Waals surface area contributed by atoms with Gasteiger partial charge in [-0.25, -0.2) is 8.78 Å². The minimum Gasteiger partial charge on any atom is -0.313 e. The molecule has 0 heterocycles. The molecule has 5 heteroatoms. The maximum absolute atomic E-state index is 14.0. The number of nitrogens with one attached hydrogen (secondary N) is 1. The summed E-state index contributed by atoms with van der Waals surface area (Å²) in [5.41, 5.74) is 0.153. The summed E-state index contributed by atoms with van der Waals surface area (Å²) >= 11 is 4.91. The van der Waals surface area contributed by atoms with Gasteiger partial charge in [-0.05, 0) is 41.0 Å². The highest BCUT2D eigenvalue weighted by atomic mass is 79.9. The van der Waals surface area contributed by atoms with Crippen LogP contribution in [-0.2, 0) is 6.42 Å². The van der Waals surface area contributed by atoms with Crippen LogP contribution >= 0.6 is 27.7 Å². The second kappa shape index (κ2) is 7.76. The maximum atomic E-state index is 14.0. The summed E-state index contributed by atoms with van der Waals surface area (Å²) in [6.07, 6.45) is 0.355. The first-order chi connectivity index (χ1) is 9.24. The molecule has 1 atom stereocenters. The molecule has 0 amide bonds. The Morgan fingerprint density at radius 2 is 1.95 bits per heavy atom. The van der Waals surface area contributed by atoms with Crippen LogP contribution in [0.5, 0.6) is 0 Å². The highest BCUT2D eigenvalue weighted by Crippen LogP contribution is 2.27. The van der Waals surface area contributed by atoms with Crippen molar-refractivity contribution in [3.8, 4) is 0 Å². The molecule has 0 radical (unpaired) electrons. The first-order valence-corrected chi connectivity index (χ1v) is 8.52. The van der Waals surface area contributed by atoms with Crippen LogP contribution in [0.1, 0.15) is 33.3 Å². The number of hydrogen-bond donors (Lipinski definition) is 1. The number of thioether (sulfide) groups is 1. The van der Waals surface area contributed by atoms with Crippen molar-refractivity contribution in [2.24, 2.45) is 0 Å². The molecule has 0 aliphatic rings. The smallest absolute Gasteiger partial charge is 0.143 e. The van der Waals surface area contributed by atoms with E-state index in [0.29, 0.717) is 10.9 Å². The standard InChI is InChI=1S/C15H22BrF2NS/c1-5-19-10(9-20-15(2,3)4)8-11-13(17)7-6-12(16)14(11)18/h6-7,10,19H,5,8-9H2,1-4H3. The summed E-state index contributed by atoms with van der Waals surface area (Å²) in [5.74, 6) is -0.147. The van der Waals surface area contributed by atoms with Crippen LogP contribution in [0.15, 0.2) is 16.6 Å². The van der Waals surface area contributed by atoms with E-state index < -0.39 is 11.6 Å². The van der Waals surface area contributed by atoms with Gasteiger partial charge in [-0.1, -0.05) is 27.7 Å². The number of halogens is 3. The molecule has 0 aromatic heterocycles. The first kappa shape index (κ1) is 17.9. The van der Waals surface area contributed by atoms with E-state index in [1.807, 2.05) is 6.92 Å². The minimum absolute atomic E-state index is 0.0579. The van der Waals surface area contributed by atoms with E-state index in [1.54, 1.807) is 11.8 Å². The van der Waals surface area contributed by atoms with Crippen LogP contribution in [0, 0.1) is 11.6 Å². The zero-order valence-electron chi connectivity index (χ0n) is 12.4. The fourth-order valence-electron chi connectivity index (χ4n) is 1.83. The lowest BCUT2D eigenvalue weighted by molar-refractivity contribution is 0.508. The fraction of sp³-hybridized carbons (Fsp3) is 0.600. The van der Waals surface area contributed by atoms with Crippen LogP contribution in [0.3, 0.4) is 0 Å². The third-order valence-electron chi connectivity index (χ3n) is 2.80. The van der Waals surface area contributed by atoms with Crippen molar-refractivity contribution < 1.29 is 8.78 Å². The fourth-order valence-corrected chi connectivity index (χ4v) is 3.14. The van der Waals surface area contributed by atoms with E-state index in [2.05, 4.69) is 42.0 Å². The summed E-state index contributed by atoms with van der Waals surface area (Å²) in [6, 6.07) is 2.77. The second-order valence-electron chi connectivity index (χ2n) is 5.70. The van der Waals surface area contributed by atoms with Gasteiger partial charge < -0.3 is 5.32 Å².